The van der Waals surface area contributed by atoms with Gasteiger partial charge in [0, 0.05) is 12.2 Å². The monoisotopic (exact) mass is 284 g/mol. The van der Waals surface area contributed by atoms with Gasteiger partial charge in [0.25, 0.3) is 0 Å². The van der Waals surface area contributed by atoms with Crippen molar-refractivity contribution in [2.45, 2.75) is 18.2 Å². The van der Waals surface area contributed by atoms with E-state index >= 15 is 0 Å². The second-order valence-corrected chi connectivity index (χ2v) is 5.79. The molecule has 6 heteroatoms. The zero-order valence-corrected chi connectivity index (χ0v) is 11.9. The highest BCUT2D eigenvalue weighted by atomic mass is 32.2. The molecule has 0 radical (unpaired) electrons. The number of anilines is 1. The van der Waals surface area contributed by atoms with Crippen LogP contribution in [0.3, 0.4) is 0 Å². The van der Waals surface area contributed by atoms with Crippen LogP contribution in [0.1, 0.15) is 12.0 Å². The Bertz CT molecular complexity index is 527. The third-order valence-electron chi connectivity index (χ3n) is 2.62. The van der Waals surface area contributed by atoms with Gasteiger partial charge in [-0.25, -0.2) is 13.1 Å². The molecule has 0 aliphatic heterocycles. The van der Waals surface area contributed by atoms with Gasteiger partial charge in [-0.2, -0.15) is 0 Å². The molecule has 0 unspecified atom stereocenters. The van der Waals surface area contributed by atoms with E-state index in [1.807, 2.05) is 0 Å². The maximum atomic E-state index is 12.1. The molecule has 0 aromatic heterocycles. The van der Waals surface area contributed by atoms with Crippen LogP contribution in [-0.2, 0) is 14.8 Å². The predicted octanol–water partition coefficient (Wildman–Crippen LogP) is 1.45. The van der Waals surface area contributed by atoms with Crippen LogP contribution >= 0.6 is 0 Å². The first-order valence-corrected chi connectivity index (χ1v) is 7.50. The summed E-state index contributed by atoms with van der Waals surface area (Å²) in [4.78, 5) is 0.207. The molecule has 1 rings (SSSR count). The Hall–Kier alpha value is -1.37. The van der Waals surface area contributed by atoms with Crippen LogP contribution < -0.4 is 10.5 Å². The smallest absolute Gasteiger partial charge is 0.240 e. The molecule has 19 heavy (non-hydrogen) atoms. The lowest BCUT2D eigenvalue weighted by molar-refractivity contribution is 0.144. The molecule has 1 aromatic rings. The molecule has 0 aliphatic rings. The van der Waals surface area contributed by atoms with Crippen molar-refractivity contribution in [1.29, 1.82) is 0 Å². The number of hydrogen-bond donors (Lipinski definition) is 2. The van der Waals surface area contributed by atoms with Gasteiger partial charge in [-0.1, -0.05) is 12.1 Å². The number of benzene rings is 1. The quantitative estimate of drug-likeness (QED) is 0.430. The van der Waals surface area contributed by atoms with Crippen molar-refractivity contribution in [2.24, 2.45) is 0 Å². The van der Waals surface area contributed by atoms with E-state index in [-0.39, 0.29) is 11.4 Å². The summed E-state index contributed by atoms with van der Waals surface area (Å²) < 4.78 is 31.8. The molecule has 0 fully saturated rings. The van der Waals surface area contributed by atoms with E-state index in [2.05, 4.69) is 11.3 Å². The fourth-order valence-corrected chi connectivity index (χ4v) is 2.80. The standard InChI is InChI=1S/C13H20N2O3S/c1-3-4-9-18-10-8-15-19(16,17)13-7-5-6-12(14)11(13)2/h3,5-7,15H,1,4,8-10,14H2,2H3. The molecule has 106 valence electrons. The maximum Gasteiger partial charge on any atom is 0.240 e. The largest absolute Gasteiger partial charge is 0.398 e. The Morgan fingerprint density at radius 3 is 2.84 bits per heavy atom. The highest BCUT2D eigenvalue weighted by Crippen LogP contribution is 2.19. The van der Waals surface area contributed by atoms with Crippen molar-refractivity contribution in [3.05, 3.63) is 36.4 Å². The minimum atomic E-state index is -3.54. The zero-order chi connectivity index (χ0) is 14.3. The highest BCUT2D eigenvalue weighted by molar-refractivity contribution is 7.89. The molecule has 0 saturated carbocycles. The van der Waals surface area contributed by atoms with Crippen molar-refractivity contribution < 1.29 is 13.2 Å². The highest BCUT2D eigenvalue weighted by Gasteiger charge is 2.16. The molecule has 0 aliphatic carbocycles. The summed E-state index contributed by atoms with van der Waals surface area (Å²) in [7, 11) is -3.54. The lowest BCUT2D eigenvalue weighted by Crippen LogP contribution is -2.28. The second kappa shape index (κ2) is 7.28. The summed E-state index contributed by atoms with van der Waals surface area (Å²) in [5.74, 6) is 0. The first kappa shape index (κ1) is 15.7. The van der Waals surface area contributed by atoms with Gasteiger partial charge in [-0.15, -0.1) is 6.58 Å². The number of sulfonamides is 1. The Labute approximate surface area is 114 Å². The summed E-state index contributed by atoms with van der Waals surface area (Å²) in [6.07, 6.45) is 2.50. The molecule has 0 atom stereocenters. The first-order valence-electron chi connectivity index (χ1n) is 6.02. The first-order chi connectivity index (χ1) is 8.99. The van der Waals surface area contributed by atoms with Crippen molar-refractivity contribution in [1.82, 2.24) is 4.72 Å². The zero-order valence-electron chi connectivity index (χ0n) is 11.1. The van der Waals surface area contributed by atoms with Gasteiger partial charge in [0.1, 0.15) is 0 Å². The van der Waals surface area contributed by atoms with E-state index in [9.17, 15) is 8.42 Å². The number of hydrogen-bond acceptors (Lipinski definition) is 4. The number of nitrogens with one attached hydrogen (secondary N) is 1. The molecule has 0 heterocycles. The van der Waals surface area contributed by atoms with E-state index in [1.54, 1.807) is 25.1 Å². The van der Waals surface area contributed by atoms with Crippen LogP contribution in [0.5, 0.6) is 0 Å². The van der Waals surface area contributed by atoms with Crippen molar-refractivity contribution in [2.75, 3.05) is 25.5 Å². The summed E-state index contributed by atoms with van der Waals surface area (Å²) in [6.45, 7) is 6.36. The van der Waals surface area contributed by atoms with Crippen LogP contribution in [0.4, 0.5) is 5.69 Å². The number of ether oxygens (including phenoxy) is 1. The van der Waals surface area contributed by atoms with Crippen molar-refractivity contribution in [3.8, 4) is 0 Å². The van der Waals surface area contributed by atoms with Gasteiger partial charge in [0.05, 0.1) is 18.1 Å². The van der Waals surface area contributed by atoms with E-state index in [4.69, 9.17) is 10.5 Å². The van der Waals surface area contributed by atoms with Gasteiger partial charge >= 0.3 is 0 Å². The Morgan fingerprint density at radius 1 is 1.42 bits per heavy atom. The summed E-state index contributed by atoms with van der Waals surface area (Å²) in [6, 6.07) is 4.83. The van der Waals surface area contributed by atoms with E-state index < -0.39 is 10.0 Å². The number of nitrogen functional groups attached to an aromatic ring is 1. The summed E-state index contributed by atoms with van der Waals surface area (Å²) >= 11 is 0. The molecule has 5 nitrogen and oxygen atoms in total. The molecule has 3 N–H and O–H groups in total. The third kappa shape index (κ3) is 4.66. The van der Waals surface area contributed by atoms with Crippen molar-refractivity contribution >= 4 is 15.7 Å². The molecule has 0 spiro atoms. The topological polar surface area (TPSA) is 81.4 Å². The number of nitrogens with two attached hydrogens (primary N) is 1. The minimum Gasteiger partial charge on any atom is -0.398 e. The third-order valence-corrected chi connectivity index (χ3v) is 4.23. The Balaban J connectivity index is 2.57. The van der Waals surface area contributed by atoms with Crippen LogP contribution in [0.2, 0.25) is 0 Å². The van der Waals surface area contributed by atoms with Gasteiger partial charge in [0.2, 0.25) is 10.0 Å². The Morgan fingerprint density at radius 2 is 2.16 bits per heavy atom. The van der Waals surface area contributed by atoms with E-state index in [0.717, 1.165) is 6.42 Å². The van der Waals surface area contributed by atoms with Crippen LogP contribution in [0, 0.1) is 6.92 Å². The maximum absolute atomic E-state index is 12.1. The molecule has 0 amide bonds. The van der Waals surface area contributed by atoms with Gasteiger partial charge < -0.3 is 10.5 Å². The van der Waals surface area contributed by atoms with E-state index in [0.29, 0.717) is 24.5 Å². The average Bonchev–Trinajstić information content (AvgIpc) is 2.36. The van der Waals surface area contributed by atoms with Gasteiger partial charge in [-0.05, 0) is 31.0 Å². The molecular weight excluding hydrogens is 264 g/mol. The minimum absolute atomic E-state index is 0.207. The summed E-state index contributed by atoms with van der Waals surface area (Å²) in [5, 5.41) is 0. The lowest BCUT2D eigenvalue weighted by atomic mass is 10.2. The molecular formula is C13H20N2O3S. The Kier molecular flexibility index (Phi) is 6.01. The average molecular weight is 284 g/mol. The molecule has 0 saturated heterocycles. The fourth-order valence-electron chi connectivity index (χ4n) is 1.52. The lowest BCUT2D eigenvalue weighted by Gasteiger charge is -2.10. The van der Waals surface area contributed by atoms with Crippen molar-refractivity contribution in [3.63, 3.8) is 0 Å². The van der Waals surface area contributed by atoms with Gasteiger partial charge in [0.15, 0.2) is 0 Å². The van der Waals surface area contributed by atoms with Crippen LogP contribution in [-0.4, -0.2) is 28.2 Å². The normalized spacial score (nSPS) is 11.4. The van der Waals surface area contributed by atoms with Crippen LogP contribution in [0.25, 0.3) is 0 Å². The number of rotatable bonds is 8. The predicted molar refractivity (Wildman–Crippen MR) is 76.4 cm³/mol. The molecule has 0 bridgehead atoms. The van der Waals surface area contributed by atoms with Crippen LogP contribution in [0.15, 0.2) is 35.7 Å². The SMILES string of the molecule is C=CCCOCCNS(=O)(=O)c1cccc(N)c1C. The van der Waals surface area contributed by atoms with Gasteiger partial charge in [-0.3, -0.25) is 0 Å². The molecule has 1 aromatic carbocycles. The summed E-state index contributed by atoms with van der Waals surface area (Å²) in [5.41, 5.74) is 6.72. The fraction of sp³-hybridized carbons (Fsp3) is 0.385. The van der Waals surface area contributed by atoms with E-state index in [1.165, 1.54) is 6.07 Å². The second-order valence-electron chi connectivity index (χ2n) is 4.06.